The normalized spacial score (nSPS) is 19.1. The molecule has 1 saturated heterocycles. The number of nitrogens with one attached hydrogen (secondary N) is 2. The molecule has 1 heterocycles. The van der Waals surface area contributed by atoms with Crippen LogP contribution in [0.5, 0.6) is 0 Å². The van der Waals surface area contributed by atoms with Gasteiger partial charge in [0.1, 0.15) is 0 Å². The molecule has 0 aromatic heterocycles. The van der Waals surface area contributed by atoms with E-state index in [1.807, 2.05) is 0 Å². The lowest BCUT2D eigenvalue weighted by atomic mass is 10.1. The van der Waals surface area contributed by atoms with Crippen LogP contribution in [0.15, 0.2) is 4.99 Å². The Kier molecular flexibility index (Phi) is 10.3. The quantitative estimate of drug-likeness (QED) is 0.387. The zero-order valence-corrected chi connectivity index (χ0v) is 16.1. The fourth-order valence-corrected chi connectivity index (χ4v) is 2.83. The topological polar surface area (TPSA) is 42.9 Å². The highest BCUT2D eigenvalue weighted by Gasteiger charge is 2.18. The van der Waals surface area contributed by atoms with Gasteiger partial charge in [-0.05, 0) is 33.2 Å². The third-order valence-corrected chi connectivity index (χ3v) is 4.52. The van der Waals surface area contributed by atoms with E-state index in [1.165, 1.54) is 32.4 Å². The minimum absolute atomic E-state index is 0.514. The van der Waals surface area contributed by atoms with E-state index < -0.39 is 0 Å². The summed E-state index contributed by atoms with van der Waals surface area (Å²) >= 11 is 0. The molecule has 1 atom stereocenters. The Morgan fingerprint density at radius 3 is 2.35 bits per heavy atom. The van der Waals surface area contributed by atoms with Crippen molar-refractivity contribution in [3.05, 3.63) is 0 Å². The second-order valence-electron chi connectivity index (χ2n) is 7.22. The predicted molar refractivity (Wildman–Crippen MR) is 101 cm³/mol. The van der Waals surface area contributed by atoms with Crippen LogP contribution < -0.4 is 10.6 Å². The van der Waals surface area contributed by atoms with Gasteiger partial charge in [-0.2, -0.15) is 0 Å². The van der Waals surface area contributed by atoms with Gasteiger partial charge in [0, 0.05) is 45.3 Å². The largest absolute Gasteiger partial charge is 0.357 e. The van der Waals surface area contributed by atoms with Crippen LogP contribution in [-0.2, 0) is 0 Å². The number of aliphatic imine (C=N–C) groups is 1. The molecule has 2 N–H and O–H groups in total. The highest BCUT2D eigenvalue weighted by Crippen LogP contribution is 2.06. The first-order valence-corrected chi connectivity index (χ1v) is 9.47. The molecule has 0 aromatic rings. The van der Waals surface area contributed by atoms with Crippen molar-refractivity contribution < 1.29 is 0 Å². The van der Waals surface area contributed by atoms with Crippen molar-refractivity contribution in [3.63, 3.8) is 0 Å². The van der Waals surface area contributed by atoms with Crippen LogP contribution >= 0.6 is 0 Å². The van der Waals surface area contributed by atoms with Crippen molar-refractivity contribution in [1.82, 2.24) is 20.4 Å². The number of unbranched alkanes of at least 4 members (excludes halogenated alkanes) is 1. The first kappa shape index (κ1) is 20.2. The smallest absolute Gasteiger partial charge is 0.191 e. The number of likely N-dealkylation sites (N-methyl/N-ethyl adjacent to an activating group) is 1. The zero-order chi connectivity index (χ0) is 17.1. The molecule has 136 valence electrons. The standard InChI is InChI=1S/C18H39N5/c1-6-19-18(20-10-8-7-9-16(2)3)21-15-17(4)23-13-11-22(5)12-14-23/h16-17H,6-15H2,1-5H3,(H2,19,20,21). The van der Waals surface area contributed by atoms with Crippen LogP contribution in [0.4, 0.5) is 0 Å². The van der Waals surface area contributed by atoms with Gasteiger partial charge in [0.2, 0.25) is 0 Å². The molecule has 5 heteroatoms. The number of hydrogen-bond donors (Lipinski definition) is 2. The second kappa shape index (κ2) is 11.7. The molecule has 1 unspecified atom stereocenters. The minimum Gasteiger partial charge on any atom is -0.357 e. The van der Waals surface area contributed by atoms with Gasteiger partial charge in [-0.1, -0.05) is 26.7 Å². The molecule has 1 fully saturated rings. The van der Waals surface area contributed by atoms with Crippen molar-refractivity contribution in [2.45, 2.75) is 53.0 Å². The lowest BCUT2D eigenvalue weighted by molar-refractivity contribution is 0.122. The third-order valence-electron chi connectivity index (χ3n) is 4.52. The maximum atomic E-state index is 4.78. The summed E-state index contributed by atoms with van der Waals surface area (Å²) in [6.45, 7) is 16.5. The van der Waals surface area contributed by atoms with Crippen LogP contribution in [0.25, 0.3) is 0 Å². The van der Waals surface area contributed by atoms with Crippen LogP contribution in [0, 0.1) is 5.92 Å². The summed E-state index contributed by atoms with van der Waals surface area (Å²) in [4.78, 5) is 9.73. The molecule has 23 heavy (non-hydrogen) atoms. The lowest BCUT2D eigenvalue weighted by Crippen LogP contribution is -2.49. The molecule has 1 aliphatic heterocycles. The second-order valence-corrected chi connectivity index (χ2v) is 7.22. The minimum atomic E-state index is 0.514. The van der Waals surface area contributed by atoms with Gasteiger partial charge >= 0.3 is 0 Å². The predicted octanol–water partition coefficient (Wildman–Crippen LogP) is 2.00. The van der Waals surface area contributed by atoms with E-state index in [1.54, 1.807) is 0 Å². The molecular formula is C18H39N5. The Morgan fingerprint density at radius 2 is 1.74 bits per heavy atom. The number of guanidine groups is 1. The summed E-state index contributed by atoms with van der Waals surface area (Å²) in [6, 6.07) is 0.514. The molecule has 0 aliphatic carbocycles. The molecule has 5 nitrogen and oxygen atoms in total. The summed E-state index contributed by atoms with van der Waals surface area (Å²) in [6.07, 6.45) is 3.83. The summed E-state index contributed by atoms with van der Waals surface area (Å²) in [5, 5.41) is 6.83. The van der Waals surface area contributed by atoms with Crippen LogP contribution in [0.1, 0.15) is 47.0 Å². The number of rotatable bonds is 9. The molecule has 0 spiro atoms. The Bertz CT molecular complexity index is 321. The van der Waals surface area contributed by atoms with Crippen molar-refractivity contribution in [2.24, 2.45) is 10.9 Å². The zero-order valence-electron chi connectivity index (χ0n) is 16.1. The van der Waals surface area contributed by atoms with Gasteiger partial charge in [-0.15, -0.1) is 0 Å². The Labute approximate surface area is 143 Å². The van der Waals surface area contributed by atoms with Gasteiger partial charge in [0.25, 0.3) is 0 Å². The van der Waals surface area contributed by atoms with E-state index in [-0.39, 0.29) is 0 Å². The summed E-state index contributed by atoms with van der Waals surface area (Å²) in [5.74, 6) is 1.78. The Hall–Kier alpha value is -0.810. The maximum absolute atomic E-state index is 4.78. The summed E-state index contributed by atoms with van der Waals surface area (Å²) in [7, 11) is 2.20. The third kappa shape index (κ3) is 9.16. The first-order valence-electron chi connectivity index (χ1n) is 9.47. The van der Waals surface area contributed by atoms with E-state index in [9.17, 15) is 0 Å². The first-order chi connectivity index (χ1) is 11.0. The molecule has 1 aliphatic rings. The van der Waals surface area contributed by atoms with Crippen molar-refractivity contribution in [3.8, 4) is 0 Å². The van der Waals surface area contributed by atoms with E-state index in [4.69, 9.17) is 4.99 Å². The molecule has 0 radical (unpaired) electrons. The highest BCUT2D eigenvalue weighted by molar-refractivity contribution is 5.79. The van der Waals surface area contributed by atoms with Crippen molar-refractivity contribution in [1.29, 1.82) is 0 Å². The van der Waals surface area contributed by atoms with Gasteiger partial charge in [-0.25, -0.2) is 0 Å². The molecule has 0 aromatic carbocycles. The average molecular weight is 326 g/mol. The van der Waals surface area contributed by atoms with Gasteiger partial charge in [0.05, 0.1) is 6.54 Å². The van der Waals surface area contributed by atoms with E-state index >= 15 is 0 Å². The molecule has 0 amide bonds. The van der Waals surface area contributed by atoms with Crippen molar-refractivity contribution in [2.75, 3.05) is 52.9 Å². The lowest BCUT2D eigenvalue weighted by Gasteiger charge is -2.35. The number of nitrogens with zero attached hydrogens (tertiary/aromatic N) is 3. The SMILES string of the molecule is CCNC(=NCC(C)N1CCN(C)CC1)NCCCCC(C)C. The maximum Gasteiger partial charge on any atom is 0.191 e. The molecule has 0 bridgehead atoms. The molecule has 1 rings (SSSR count). The van der Waals surface area contributed by atoms with Gasteiger partial charge in [-0.3, -0.25) is 9.89 Å². The fraction of sp³-hybridized carbons (Fsp3) is 0.944. The van der Waals surface area contributed by atoms with Gasteiger partial charge < -0.3 is 15.5 Å². The van der Waals surface area contributed by atoms with Crippen LogP contribution in [0.2, 0.25) is 0 Å². The Balaban J connectivity index is 2.29. The number of hydrogen-bond acceptors (Lipinski definition) is 3. The molecule has 0 saturated carbocycles. The van der Waals surface area contributed by atoms with Crippen molar-refractivity contribution >= 4 is 5.96 Å². The van der Waals surface area contributed by atoms with Gasteiger partial charge in [0.15, 0.2) is 5.96 Å². The monoisotopic (exact) mass is 325 g/mol. The average Bonchev–Trinajstić information content (AvgIpc) is 2.52. The number of piperazine rings is 1. The fourth-order valence-electron chi connectivity index (χ4n) is 2.83. The van der Waals surface area contributed by atoms with Crippen LogP contribution in [-0.4, -0.2) is 74.7 Å². The molecular weight excluding hydrogens is 286 g/mol. The van der Waals surface area contributed by atoms with Crippen LogP contribution in [0.3, 0.4) is 0 Å². The summed E-state index contributed by atoms with van der Waals surface area (Å²) in [5.41, 5.74) is 0. The Morgan fingerprint density at radius 1 is 1.04 bits per heavy atom. The summed E-state index contributed by atoms with van der Waals surface area (Å²) < 4.78 is 0. The van der Waals surface area contributed by atoms with E-state index in [0.717, 1.165) is 44.6 Å². The van der Waals surface area contributed by atoms with E-state index in [2.05, 4.69) is 55.2 Å². The highest BCUT2D eigenvalue weighted by atomic mass is 15.3. The van der Waals surface area contributed by atoms with E-state index in [0.29, 0.717) is 6.04 Å².